The molecule has 6 nitrogen and oxygen atoms in total. The molecule has 1 aliphatic rings. The number of fused-ring (bicyclic) bond motifs is 1. The van der Waals surface area contributed by atoms with Crippen LogP contribution in [0.15, 0.2) is 36.4 Å². The molecule has 0 spiro atoms. The molecule has 1 fully saturated rings. The number of rotatable bonds is 6. The molecule has 0 aliphatic carbocycles. The van der Waals surface area contributed by atoms with Crippen LogP contribution in [-0.2, 0) is 14.3 Å². The van der Waals surface area contributed by atoms with Gasteiger partial charge in [-0.3, -0.25) is 0 Å². The Morgan fingerprint density at radius 3 is 2.56 bits per heavy atom. The van der Waals surface area contributed by atoms with Gasteiger partial charge in [-0.25, -0.2) is 0 Å². The molecule has 2 aromatic carbocycles. The summed E-state index contributed by atoms with van der Waals surface area (Å²) < 4.78 is 13.3. The fourth-order valence-corrected chi connectivity index (χ4v) is 5.64. The van der Waals surface area contributed by atoms with Gasteiger partial charge >= 0.3 is 159 Å². The number of benzene rings is 2. The SMILES string of the molecule is CC(I)(C(=O)OCCOC(=O)c1cccc2c(O)cccc12)C1N[I-]1. The molecule has 134 valence electrons. The van der Waals surface area contributed by atoms with Crippen LogP contribution < -0.4 is 25.0 Å². The van der Waals surface area contributed by atoms with Crippen molar-refractivity contribution in [3.8, 4) is 5.75 Å². The molecule has 2 N–H and O–H groups in total. The molecule has 0 radical (unpaired) electrons. The van der Waals surface area contributed by atoms with Crippen LogP contribution in [-0.4, -0.2) is 37.7 Å². The maximum atomic E-state index is 12.3. The van der Waals surface area contributed by atoms with Crippen molar-refractivity contribution >= 4 is 45.3 Å². The first-order chi connectivity index (χ1) is 11.9. The van der Waals surface area contributed by atoms with Crippen molar-refractivity contribution in [3.63, 3.8) is 0 Å². The molecule has 1 saturated heterocycles. The molecular weight excluding hydrogens is 552 g/mol. The van der Waals surface area contributed by atoms with Gasteiger partial charge in [0.1, 0.15) is 0 Å². The second-order valence-electron chi connectivity index (χ2n) is 5.61. The van der Waals surface area contributed by atoms with E-state index in [0.717, 1.165) is 0 Å². The Morgan fingerprint density at radius 1 is 1.20 bits per heavy atom. The van der Waals surface area contributed by atoms with Gasteiger partial charge in [0.05, 0.1) is 0 Å². The molecule has 0 aromatic heterocycles. The van der Waals surface area contributed by atoms with Gasteiger partial charge in [0.2, 0.25) is 0 Å². The van der Waals surface area contributed by atoms with Crippen molar-refractivity contribution in [2.75, 3.05) is 13.2 Å². The van der Waals surface area contributed by atoms with Crippen molar-refractivity contribution < 1.29 is 45.6 Å². The number of alkyl halides is 2. The van der Waals surface area contributed by atoms with E-state index >= 15 is 0 Å². The number of carbonyl (C=O) groups excluding carboxylic acids is 2. The number of carbonyl (C=O) groups is 2. The number of phenolic OH excluding ortho intramolecular Hbond substituents is 1. The molecule has 3 rings (SSSR count). The first-order valence-corrected chi connectivity index (χ1v) is 10.9. The molecule has 8 heteroatoms. The van der Waals surface area contributed by atoms with Gasteiger partial charge in [-0.2, -0.15) is 0 Å². The molecule has 0 saturated carbocycles. The number of nitrogens with one attached hydrogen (secondary N) is 1. The predicted molar refractivity (Wildman–Crippen MR) is 96.2 cm³/mol. The zero-order chi connectivity index (χ0) is 18.0. The van der Waals surface area contributed by atoms with Gasteiger partial charge in [-0.05, 0) is 6.07 Å². The monoisotopic (exact) mass is 568 g/mol. The Balaban J connectivity index is 1.57. The fourth-order valence-electron chi connectivity index (χ4n) is 2.30. The first kappa shape index (κ1) is 18.6. The number of aromatic hydroxyl groups is 1. The van der Waals surface area contributed by atoms with Crippen molar-refractivity contribution in [2.24, 2.45) is 0 Å². The average molecular weight is 568 g/mol. The van der Waals surface area contributed by atoms with Crippen molar-refractivity contribution in [2.45, 2.75) is 14.4 Å². The summed E-state index contributed by atoms with van der Waals surface area (Å²) in [5.41, 5.74) is 0.366. The van der Waals surface area contributed by atoms with Gasteiger partial charge in [0, 0.05) is 0 Å². The van der Waals surface area contributed by atoms with Gasteiger partial charge < -0.3 is 5.11 Å². The number of hydrogen-bond acceptors (Lipinski definition) is 6. The van der Waals surface area contributed by atoms with E-state index in [1.165, 1.54) is 0 Å². The molecule has 25 heavy (non-hydrogen) atoms. The van der Waals surface area contributed by atoms with Crippen LogP contribution in [0.2, 0.25) is 0 Å². The quantitative estimate of drug-likeness (QED) is 0.0918. The third-order valence-electron chi connectivity index (χ3n) is 3.76. The second kappa shape index (κ2) is 7.62. The van der Waals surface area contributed by atoms with Gasteiger partial charge in [0.15, 0.2) is 0 Å². The van der Waals surface area contributed by atoms with E-state index in [0.29, 0.717) is 16.3 Å². The van der Waals surface area contributed by atoms with Crippen LogP contribution in [0.3, 0.4) is 0 Å². The molecule has 2 atom stereocenters. The van der Waals surface area contributed by atoms with Gasteiger partial charge in [0.25, 0.3) is 0 Å². The number of ether oxygens (including phenoxy) is 2. The Kier molecular flexibility index (Phi) is 5.68. The molecule has 2 aromatic rings. The van der Waals surface area contributed by atoms with Crippen molar-refractivity contribution in [1.29, 1.82) is 0 Å². The minimum absolute atomic E-state index is 0.0142. The van der Waals surface area contributed by atoms with Crippen molar-refractivity contribution in [1.82, 2.24) is 3.53 Å². The normalized spacial score (nSPS) is 18.7. The van der Waals surface area contributed by atoms with Crippen LogP contribution in [0.25, 0.3) is 10.8 Å². The second-order valence-corrected chi connectivity index (χ2v) is 10.3. The van der Waals surface area contributed by atoms with Crippen molar-refractivity contribution in [3.05, 3.63) is 42.0 Å². The van der Waals surface area contributed by atoms with E-state index in [1.807, 2.05) is 6.92 Å². The topological polar surface area (TPSA) is 94.8 Å². The Morgan fingerprint density at radius 2 is 1.84 bits per heavy atom. The van der Waals surface area contributed by atoms with Gasteiger partial charge in [-0.1, -0.05) is 0 Å². The Hall–Kier alpha value is -1.14. The minimum atomic E-state index is -0.567. The molecule has 0 amide bonds. The first-order valence-electron chi connectivity index (χ1n) is 7.53. The zero-order valence-electron chi connectivity index (χ0n) is 13.3. The standard InChI is InChI=1S/C17H16I2NO5/c1-17(18,15-19-20-15)16(23)25-9-8-24-14(22)12-6-2-5-11-10(12)4-3-7-13(11)21/h2-7,15,20-21H,8-9H2,1H3/q-1. The summed E-state index contributed by atoms with van der Waals surface area (Å²) in [6.45, 7) is 1.85. The molecule has 2 unspecified atom stereocenters. The Labute approximate surface area is 169 Å². The molecule has 1 heterocycles. The van der Waals surface area contributed by atoms with Crippen LogP contribution >= 0.6 is 22.6 Å². The average Bonchev–Trinajstić information content (AvgIpc) is 3.43. The van der Waals surface area contributed by atoms with Crippen LogP contribution in [0.1, 0.15) is 17.3 Å². The maximum absolute atomic E-state index is 12.3. The van der Waals surface area contributed by atoms with E-state index in [2.05, 4.69) is 26.1 Å². The number of hydrogen-bond donors (Lipinski definition) is 2. The summed E-state index contributed by atoms with van der Waals surface area (Å²) in [5, 5.41) is 11.1. The van der Waals surface area contributed by atoms with Crippen LogP contribution in [0.5, 0.6) is 5.75 Å². The summed E-state index contributed by atoms with van der Waals surface area (Å²) >= 11 is 2.01. The summed E-state index contributed by atoms with van der Waals surface area (Å²) in [5.74, 6) is -0.702. The van der Waals surface area contributed by atoms with Gasteiger partial charge in [-0.15, -0.1) is 0 Å². The van der Waals surface area contributed by atoms with E-state index in [4.69, 9.17) is 9.47 Å². The zero-order valence-corrected chi connectivity index (χ0v) is 17.6. The van der Waals surface area contributed by atoms with E-state index in [1.54, 1.807) is 36.4 Å². The van der Waals surface area contributed by atoms with Crippen LogP contribution in [0.4, 0.5) is 0 Å². The number of phenols is 1. The summed E-state index contributed by atoms with van der Waals surface area (Å²) in [4.78, 5) is 24.3. The van der Waals surface area contributed by atoms with E-state index in [-0.39, 0.29) is 50.5 Å². The molecule has 0 bridgehead atoms. The van der Waals surface area contributed by atoms with Crippen LogP contribution in [0, 0.1) is 0 Å². The third kappa shape index (κ3) is 4.17. The summed E-state index contributed by atoms with van der Waals surface area (Å²) in [7, 11) is 0. The fraction of sp³-hybridized carbons (Fsp3) is 0.294. The summed E-state index contributed by atoms with van der Waals surface area (Å²) in [6, 6.07) is 10.0. The molecular formula is C17H16I2NO5-. The van der Waals surface area contributed by atoms with E-state index < -0.39 is 9.39 Å². The third-order valence-corrected chi connectivity index (χ3v) is 8.51. The summed E-state index contributed by atoms with van der Waals surface area (Å²) in [6.07, 6.45) is 0. The van der Waals surface area contributed by atoms with E-state index in [9.17, 15) is 14.7 Å². The predicted octanol–water partition coefficient (Wildman–Crippen LogP) is -0.628. The number of halogens is 2. The number of esters is 2. The Bertz CT molecular complexity index is 820. The molecule has 1 aliphatic heterocycles.